The Labute approximate surface area is 106 Å². The van der Waals surface area contributed by atoms with Crippen LogP contribution < -0.4 is 5.32 Å². The summed E-state index contributed by atoms with van der Waals surface area (Å²) in [6, 6.07) is 3.95. The number of unbranched alkanes of at least 4 members (excludes halogenated alkanes) is 1. The third-order valence-electron chi connectivity index (χ3n) is 2.06. The fourth-order valence-electron chi connectivity index (χ4n) is 1.24. The van der Waals surface area contributed by atoms with Crippen LogP contribution in [0.4, 0.5) is 5.82 Å². The maximum Gasteiger partial charge on any atom is 0.125 e. The van der Waals surface area contributed by atoms with E-state index in [1.807, 2.05) is 12.1 Å². The van der Waals surface area contributed by atoms with Gasteiger partial charge in [-0.2, -0.15) is 0 Å². The molecule has 1 aromatic rings. The Bertz CT molecular complexity index is 288. The van der Waals surface area contributed by atoms with Gasteiger partial charge in [0, 0.05) is 23.8 Å². The lowest BCUT2D eigenvalue weighted by Crippen LogP contribution is -2.07. The Balaban J connectivity index is 2.05. The van der Waals surface area contributed by atoms with Crippen LogP contribution in [0.3, 0.4) is 0 Å². The second-order valence-electron chi connectivity index (χ2n) is 3.92. The topological polar surface area (TPSA) is 34.1 Å². The lowest BCUT2D eigenvalue weighted by Gasteiger charge is -2.08. The van der Waals surface area contributed by atoms with Gasteiger partial charge < -0.3 is 10.1 Å². The minimum Gasteiger partial charge on any atom is -0.379 e. The van der Waals surface area contributed by atoms with Crippen molar-refractivity contribution in [3.05, 3.63) is 22.8 Å². The number of pyridine rings is 1. The molecule has 0 aromatic carbocycles. The summed E-state index contributed by atoms with van der Waals surface area (Å²) in [7, 11) is 0. The highest BCUT2D eigenvalue weighted by molar-refractivity contribution is 9.10. The van der Waals surface area contributed by atoms with Gasteiger partial charge in [0.15, 0.2) is 0 Å². The number of aromatic nitrogens is 1. The molecule has 1 heterocycles. The number of nitrogens with zero attached hydrogens (tertiary/aromatic N) is 1. The lowest BCUT2D eigenvalue weighted by atomic mass is 10.3. The van der Waals surface area contributed by atoms with E-state index in [-0.39, 0.29) is 0 Å². The van der Waals surface area contributed by atoms with Crippen LogP contribution in [-0.4, -0.2) is 24.2 Å². The highest BCUT2D eigenvalue weighted by Gasteiger charge is 1.95. The van der Waals surface area contributed by atoms with Crippen molar-refractivity contribution in [2.24, 2.45) is 0 Å². The van der Waals surface area contributed by atoms with Crippen LogP contribution in [0.25, 0.3) is 0 Å². The first-order valence-electron chi connectivity index (χ1n) is 5.65. The summed E-state index contributed by atoms with van der Waals surface area (Å²) in [6.45, 7) is 5.90. The van der Waals surface area contributed by atoms with Crippen molar-refractivity contribution in [1.29, 1.82) is 0 Å². The SMILES string of the molecule is CC(C)OCCCCNc1ccc(Br)cn1. The molecule has 0 unspecified atom stereocenters. The van der Waals surface area contributed by atoms with E-state index in [4.69, 9.17) is 4.74 Å². The zero-order valence-electron chi connectivity index (χ0n) is 9.87. The number of halogens is 1. The van der Waals surface area contributed by atoms with Gasteiger partial charge in [-0.15, -0.1) is 0 Å². The number of nitrogens with one attached hydrogen (secondary N) is 1. The minimum atomic E-state index is 0.334. The Kier molecular flexibility index (Phi) is 6.42. The average Bonchev–Trinajstić information content (AvgIpc) is 2.25. The van der Waals surface area contributed by atoms with Crippen LogP contribution in [0.5, 0.6) is 0 Å². The van der Waals surface area contributed by atoms with Gasteiger partial charge >= 0.3 is 0 Å². The van der Waals surface area contributed by atoms with Gasteiger partial charge in [-0.1, -0.05) is 0 Å². The molecule has 1 aromatic heterocycles. The molecule has 0 atom stereocenters. The molecule has 0 amide bonds. The standard InChI is InChI=1S/C12H19BrN2O/c1-10(2)16-8-4-3-7-14-12-6-5-11(13)9-15-12/h5-6,9-10H,3-4,7-8H2,1-2H3,(H,14,15). The molecule has 1 N–H and O–H groups in total. The fourth-order valence-corrected chi connectivity index (χ4v) is 1.48. The second-order valence-corrected chi connectivity index (χ2v) is 4.83. The molecule has 0 aliphatic carbocycles. The predicted molar refractivity (Wildman–Crippen MR) is 70.7 cm³/mol. The van der Waals surface area contributed by atoms with Gasteiger partial charge in [0.2, 0.25) is 0 Å². The van der Waals surface area contributed by atoms with Crippen molar-refractivity contribution in [2.75, 3.05) is 18.5 Å². The molecule has 4 heteroatoms. The van der Waals surface area contributed by atoms with E-state index >= 15 is 0 Å². The maximum absolute atomic E-state index is 5.46. The number of ether oxygens (including phenoxy) is 1. The Hall–Kier alpha value is -0.610. The molecule has 0 fully saturated rings. The molecule has 0 bridgehead atoms. The monoisotopic (exact) mass is 286 g/mol. The second kappa shape index (κ2) is 7.63. The number of anilines is 1. The van der Waals surface area contributed by atoms with E-state index in [0.29, 0.717) is 6.10 Å². The van der Waals surface area contributed by atoms with Crippen LogP contribution in [-0.2, 0) is 4.74 Å². The van der Waals surface area contributed by atoms with Gasteiger partial charge in [0.1, 0.15) is 5.82 Å². The van der Waals surface area contributed by atoms with Gasteiger partial charge in [-0.3, -0.25) is 0 Å². The van der Waals surface area contributed by atoms with E-state index in [9.17, 15) is 0 Å². The highest BCUT2D eigenvalue weighted by Crippen LogP contribution is 2.10. The minimum absolute atomic E-state index is 0.334. The largest absolute Gasteiger partial charge is 0.379 e. The smallest absolute Gasteiger partial charge is 0.125 e. The van der Waals surface area contributed by atoms with Crippen molar-refractivity contribution in [3.63, 3.8) is 0 Å². The summed E-state index contributed by atoms with van der Waals surface area (Å²) in [5, 5.41) is 3.27. The third-order valence-corrected chi connectivity index (χ3v) is 2.52. The van der Waals surface area contributed by atoms with E-state index in [1.165, 1.54) is 0 Å². The summed E-state index contributed by atoms with van der Waals surface area (Å²) in [6.07, 6.45) is 4.32. The van der Waals surface area contributed by atoms with Crippen molar-refractivity contribution in [2.45, 2.75) is 32.8 Å². The van der Waals surface area contributed by atoms with Crippen molar-refractivity contribution in [1.82, 2.24) is 4.98 Å². The molecule has 0 saturated heterocycles. The number of rotatable bonds is 7. The van der Waals surface area contributed by atoms with Crippen LogP contribution in [0.15, 0.2) is 22.8 Å². The summed E-state index contributed by atoms with van der Waals surface area (Å²) in [5.74, 6) is 0.924. The van der Waals surface area contributed by atoms with E-state index in [0.717, 1.165) is 36.3 Å². The van der Waals surface area contributed by atoms with Crippen molar-refractivity contribution in [3.8, 4) is 0 Å². The number of hydrogen-bond donors (Lipinski definition) is 1. The number of hydrogen-bond acceptors (Lipinski definition) is 3. The lowest BCUT2D eigenvalue weighted by molar-refractivity contribution is 0.0765. The van der Waals surface area contributed by atoms with Gasteiger partial charge in [-0.05, 0) is 54.8 Å². The van der Waals surface area contributed by atoms with Crippen LogP contribution in [0.1, 0.15) is 26.7 Å². The maximum atomic E-state index is 5.46. The van der Waals surface area contributed by atoms with Crippen molar-refractivity contribution >= 4 is 21.7 Å². The molecule has 90 valence electrons. The molecule has 0 aliphatic rings. The van der Waals surface area contributed by atoms with Crippen LogP contribution in [0, 0.1) is 0 Å². The fraction of sp³-hybridized carbons (Fsp3) is 0.583. The first kappa shape index (κ1) is 13.5. The van der Waals surface area contributed by atoms with Gasteiger partial charge in [-0.25, -0.2) is 4.98 Å². The summed E-state index contributed by atoms with van der Waals surface area (Å²) >= 11 is 3.35. The van der Waals surface area contributed by atoms with Gasteiger partial charge in [0.05, 0.1) is 6.10 Å². The first-order valence-corrected chi connectivity index (χ1v) is 6.45. The molecular formula is C12H19BrN2O. The third kappa shape index (κ3) is 6.08. The molecular weight excluding hydrogens is 268 g/mol. The van der Waals surface area contributed by atoms with E-state index in [2.05, 4.69) is 40.1 Å². The highest BCUT2D eigenvalue weighted by atomic mass is 79.9. The molecule has 3 nitrogen and oxygen atoms in total. The molecule has 0 saturated carbocycles. The summed E-state index contributed by atoms with van der Waals surface area (Å²) < 4.78 is 6.46. The van der Waals surface area contributed by atoms with Crippen LogP contribution in [0.2, 0.25) is 0 Å². The molecule has 0 radical (unpaired) electrons. The van der Waals surface area contributed by atoms with Gasteiger partial charge in [0.25, 0.3) is 0 Å². The normalized spacial score (nSPS) is 10.8. The van der Waals surface area contributed by atoms with E-state index < -0.39 is 0 Å². The Morgan fingerprint density at radius 1 is 1.38 bits per heavy atom. The van der Waals surface area contributed by atoms with Crippen LogP contribution >= 0.6 is 15.9 Å². The molecule has 16 heavy (non-hydrogen) atoms. The summed E-state index contributed by atoms with van der Waals surface area (Å²) in [4.78, 5) is 4.24. The van der Waals surface area contributed by atoms with E-state index in [1.54, 1.807) is 6.20 Å². The zero-order chi connectivity index (χ0) is 11.8. The zero-order valence-corrected chi connectivity index (χ0v) is 11.5. The predicted octanol–water partition coefficient (Wildman–Crippen LogP) is 3.46. The van der Waals surface area contributed by atoms with Crippen molar-refractivity contribution < 1.29 is 4.74 Å². The quantitative estimate of drug-likeness (QED) is 0.780. The Morgan fingerprint density at radius 2 is 2.19 bits per heavy atom. The average molecular weight is 287 g/mol. The summed E-state index contributed by atoms with van der Waals surface area (Å²) in [5.41, 5.74) is 0. The molecule has 1 rings (SSSR count). The first-order chi connectivity index (χ1) is 7.68. The molecule has 0 aliphatic heterocycles. The Morgan fingerprint density at radius 3 is 2.81 bits per heavy atom. The molecule has 0 spiro atoms.